The monoisotopic (exact) mass is 246 g/mol. The molecule has 4 heteroatoms. The largest absolute Gasteiger partial charge is 0.399 e. The Morgan fingerprint density at radius 2 is 2.17 bits per heavy atom. The minimum absolute atomic E-state index is 0.0337. The summed E-state index contributed by atoms with van der Waals surface area (Å²) in [6, 6.07) is 7.42. The summed E-state index contributed by atoms with van der Waals surface area (Å²) in [4.78, 5) is 13.7. The molecule has 0 saturated carbocycles. The second-order valence-electron chi connectivity index (χ2n) is 4.43. The smallest absolute Gasteiger partial charge is 0.246 e. The number of nitrogens with zero attached hydrogens (tertiary/aromatic N) is 1. The van der Waals surface area contributed by atoms with E-state index in [0.717, 1.165) is 24.2 Å². The summed E-state index contributed by atoms with van der Waals surface area (Å²) in [5.74, 6) is 0.0337. The number of nitrogen functional groups attached to an aromatic ring is 1. The van der Waals surface area contributed by atoms with Gasteiger partial charge >= 0.3 is 0 Å². The van der Waals surface area contributed by atoms with Crippen LogP contribution in [0.2, 0.25) is 0 Å². The first-order chi connectivity index (χ1) is 8.69. The summed E-state index contributed by atoms with van der Waals surface area (Å²) in [7, 11) is 1.68. The van der Waals surface area contributed by atoms with Gasteiger partial charge in [0.25, 0.3) is 0 Å². The topological polar surface area (TPSA) is 55.6 Å². The van der Waals surface area contributed by atoms with Gasteiger partial charge in [0, 0.05) is 32.0 Å². The fraction of sp³-hybridized carbons (Fsp3) is 0.357. The van der Waals surface area contributed by atoms with Crippen LogP contribution in [0.4, 0.5) is 5.69 Å². The van der Waals surface area contributed by atoms with E-state index in [9.17, 15) is 4.79 Å². The summed E-state index contributed by atoms with van der Waals surface area (Å²) >= 11 is 0. The average Bonchev–Trinajstić information content (AvgIpc) is 2.86. The van der Waals surface area contributed by atoms with Gasteiger partial charge in [-0.15, -0.1) is 0 Å². The molecule has 0 radical (unpaired) electrons. The van der Waals surface area contributed by atoms with Crippen molar-refractivity contribution in [1.82, 2.24) is 4.90 Å². The van der Waals surface area contributed by atoms with Crippen LogP contribution in [0.5, 0.6) is 0 Å². The Balaban J connectivity index is 1.93. The van der Waals surface area contributed by atoms with E-state index in [2.05, 4.69) is 0 Å². The van der Waals surface area contributed by atoms with E-state index in [1.54, 1.807) is 13.2 Å². The summed E-state index contributed by atoms with van der Waals surface area (Å²) in [5, 5.41) is 0. The number of rotatable bonds is 3. The van der Waals surface area contributed by atoms with Crippen molar-refractivity contribution in [2.24, 2.45) is 0 Å². The van der Waals surface area contributed by atoms with E-state index in [0.29, 0.717) is 6.54 Å². The predicted octanol–water partition coefficient (Wildman–Crippen LogP) is 1.53. The van der Waals surface area contributed by atoms with Crippen LogP contribution in [-0.2, 0) is 9.53 Å². The van der Waals surface area contributed by atoms with E-state index >= 15 is 0 Å². The van der Waals surface area contributed by atoms with E-state index in [1.807, 2.05) is 35.2 Å². The van der Waals surface area contributed by atoms with Crippen LogP contribution in [0.15, 0.2) is 30.3 Å². The first-order valence-electron chi connectivity index (χ1n) is 6.04. The number of benzene rings is 1. The average molecular weight is 246 g/mol. The van der Waals surface area contributed by atoms with Crippen molar-refractivity contribution in [3.8, 4) is 0 Å². The molecular formula is C14H18N2O2. The predicted molar refractivity (Wildman–Crippen MR) is 71.9 cm³/mol. The highest BCUT2D eigenvalue weighted by Crippen LogP contribution is 2.13. The number of nitrogens with two attached hydrogens (primary N) is 1. The molecule has 1 aliphatic rings. The Labute approximate surface area is 107 Å². The molecular weight excluding hydrogens is 228 g/mol. The number of hydrogen-bond donors (Lipinski definition) is 1. The zero-order valence-corrected chi connectivity index (χ0v) is 10.5. The number of methoxy groups -OCH3 is 1. The molecule has 0 spiro atoms. The Morgan fingerprint density at radius 3 is 2.78 bits per heavy atom. The molecule has 1 unspecified atom stereocenters. The number of carbonyl (C=O) groups excluding carboxylic acids is 1. The molecule has 0 aromatic heterocycles. The number of hydrogen-bond acceptors (Lipinski definition) is 3. The standard InChI is InChI=1S/C14H18N2O2/c1-18-13-8-9-16(10-13)14(17)7-4-11-2-5-12(15)6-3-11/h2-7,13H,8-10,15H2,1H3/b7-4+. The zero-order valence-electron chi connectivity index (χ0n) is 10.5. The summed E-state index contributed by atoms with van der Waals surface area (Å²) in [5.41, 5.74) is 7.29. The second-order valence-corrected chi connectivity index (χ2v) is 4.43. The van der Waals surface area contributed by atoms with Crippen LogP contribution < -0.4 is 5.73 Å². The van der Waals surface area contributed by atoms with E-state index in [-0.39, 0.29) is 12.0 Å². The van der Waals surface area contributed by atoms with Crippen LogP contribution in [0, 0.1) is 0 Å². The molecule has 1 aromatic rings. The molecule has 1 fully saturated rings. The lowest BCUT2D eigenvalue weighted by molar-refractivity contribution is -0.125. The molecule has 1 aliphatic heterocycles. The molecule has 0 aliphatic carbocycles. The highest BCUT2D eigenvalue weighted by molar-refractivity contribution is 5.92. The highest BCUT2D eigenvalue weighted by atomic mass is 16.5. The van der Waals surface area contributed by atoms with Crippen molar-refractivity contribution in [3.05, 3.63) is 35.9 Å². The molecule has 2 rings (SSSR count). The first kappa shape index (κ1) is 12.6. The SMILES string of the molecule is COC1CCN(C(=O)/C=C/c2ccc(N)cc2)C1. The van der Waals surface area contributed by atoms with Gasteiger partial charge in [-0.2, -0.15) is 0 Å². The Hall–Kier alpha value is -1.81. The highest BCUT2D eigenvalue weighted by Gasteiger charge is 2.24. The third kappa shape index (κ3) is 3.11. The van der Waals surface area contributed by atoms with Crippen LogP contribution >= 0.6 is 0 Å². The quantitative estimate of drug-likeness (QED) is 0.650. The van der Waals surface area contributed by atoms with Gasteiger partial charge in [0.15, 0.2) is 0 Å². The minimum atomic E-state index is 0.0337. The lowest BCUT2D eigenvalue weighted by atomic mass is 10.2. The lowest BCUT2D eigenvalue weighted by Crippen LogP contribution is -2.28. The van der Waals surface area contributed by atoms with Crippen molar-refractivity contribution in [3.63, 3.8) is 0 Å². The van der Waals surface area contributed by atoms with Gasteiger partial charge in [-0.25, -0.2) is 0 Å². The summed E-state index contributed by atoms with van der Waals surface area (Å²) in [6.07, 6.45) is 4.50. The van der Waals surface area contributed by atoms with Crippen molar-refractivity contribution < 1.29 is 9.53 Å². The van der Waals surface area contributed by atoms with Gasteiger partial charge in [-0.3, -0.25) is 4.79 Å². The summed E-state index contributed by atoms with van der Waals surface area (Å²) in [6.45, 7) is 1.45. The molecule has 0 bridgehead atoms. The van der Waals surface area contributed by atoms with Crippen molar-refractivity contribution in [1.29, 1.82) is 0 Å². The molecule has 1 heterocycles. The molecule has 2 N–H and O–H groups in total. The van der Waals surface area contributed by atoms with Gasteiger partial charge in [-0.05, 0) is 30.2 Å². The Morgan fingerprint density at radius 1 is 1.44 bits per heavy atom. The van der Waals surface area contributed by atoms with Crippen LogP contribution in [0.25, 0.3) is 6.08 Å². The van der Waals surface area contributed by atoms with E-state index in [1.165, 1.54) is 0 Å². The minimum Gasteiger partial charge on any atom is -0.399 e. The van der Waals surface area contributed by atoms with E-state index < -0.39 is 0 Å². The van der Waals surface area contributed by atoms with Crippen molar-refractivity contribution in [2.75, 3.05) is 25.9 Å². The van der Waals surface area contributed by atoms with Gasteiger partial charge in [0.2, 0.25) is 5.91 Å². The molecule has 1 saturated heterocycles. The molecule has 4 nitrogen and oxygen atoms in total. The van der Waals surface area contributed by atoms with Crippen LogP contribution in [0.1, 0.15) is 12.0 Å². The molecule has 1 aromatic carbocycles. The number of amides is 1. The molecule has 96 valence electrons. The normalized spacial score (nSPS) is 19.6. The lowest BCUT2D eigenvalue weighted by Gasteiger charge is -2.13. The zero-order chi connectivity index (χ0) is 13.0. The van der Waals surface area contributed by atoms with E-state index in [4.69, 9.17) is 10.5 Å². The number of anilines is 1. The van der Waals surface area contributed by atoms with Gasteiger partial charge in [0.1, 0.15) is 0 Å². The fourth-order valence-corrected chi connectivity index (χ4v) is 2.00. The molecule has 1 atom stereocenters. The third-order valence-electron chi connectivity index (χ3n) is 3.14. The van der Waals surface area contributed by atoms with Crippen molar-refractivity contribution in [2.45, 2.75) is 12.5 Å². The van der Waals surface area contributed by atoms with Gasteiger partial charge in [0.05, 0.1) is 6.10 Å². The third-order valence-corrected chi connectivity index (χ3v) is 3.14. The van der Waals surface area contributed by atoms with Gasteiger partial charge in [-0.1, -0.05) is 12.1 Å². The van der Waals surface area contributed by atoms with Crippen LogP contribution in [0.3, 0.4) is 0 Å². The molecule has 18 heavy (non-hydrogen) atoms. The molecule has 1 amide bonds. The number of carbonyl (C=O) groups is 1. The maximum atomic E-state index is 11.9. The Kier molecular flexibility index (Phi) is 3.99. The Bertz CT molecular complexity index is 440. The van der Waals surface area contributed by atoms with Crippen LogP contribution in [-0.4, -0.2) is 37.1 Å². The van der Waals surface area contributed by atoms with Crippen molar-refractivity contribution >= 4 is 17.7 Å². The summed E-state index contributed by atoms with van der Waals surface area (Å²) < 4.78 is 5.24. The van der Waals surface area contributed by atoms with Gasteiger partial charge < -0.3 is 15.4 Å². The second kappa shape index (κ2) is 5.69. The number of ether oxygens (including phenoxy) is 1. The first-order valence-corrected chi connectivity index (χ1v) is 6.04. The maximum Gasteiger partial charge on any atom is 0.246 e. The number of likely N-dealkylation sites (tertiary alicyclic amines) is 1. The maximum absolute atomic E-state index is 11.9. The fourth-order valence-electron chi connectivity index (χ4n) is 2.00.